The minimum Gasteiger partial charge on any atom is -0.469 e. The van der Waals surface area contributed by atoms with Crippen molar-refractivity contribution in [2.45, 2.75) is 77.2 Å². The quantitative estimate of drug-likeness (QED) is 0.341. The number of ether oxygens (including phenoxy) is 1. The number of rotatable bonds is 11. The highest BCUT2D eigenvalue weighted by Gasteiger charge is 2.32. The second kappa shape index (κ2) is 11.2. The van der Waals surface area contributed by atoms with Gasteiger partial charge in [0, 0.05) is 18.8 Å². The van der Waals surface area contributed by atoms with Gasteiger partial charge in [0.15, 0.2) is 0 Å². The van der Waals surface area contributed by atoms with E-state index in [9.17, 15) is 14.7 Å². The average molecular weight is 350 g/mol. The molecule has 0 spiro atoms. The SMILES string of the molecule is CCC=CC(C)(O)CC=C[C@H]1CCC(=O)[C@@H]1CCCCCC(=O)OC. The van der Waals surface area contributed by atoms with Crippen LogP contribution in [-0.2, 0) is 14.3 Å². The molecule has 0 saturated heterocycles. The molecule has 4 heteroatoms. The summed E-state index contributed by atoms with van der Waals surface area (Å²) in [5.41, 5.74) is -0.821. The highest BCUT2D eigenvalue weighted by Crippen LogP contribution is 2.34. The van der Waals surface area contributed by atoms with Crippen LogP contribution < -0.4 is 0 Å². The van der Waals surface area contributed by atoms with Crippen LogP contribution in [0, 0.1) is 11.8 Å². The van der Waals surface area contributed by atoms with Gasteiger partial charge in [-0.25, -0.2) is 0 Å². The standard InChI is InChI=1S/C21H34O4/c1-4-5-15-21(2,24)16-9-10-17-13-14-19(22)18(17)11-7-6-8-12-20(23)25-3/h5,9-10,15,17-18,24H,4,6-8,11-14,16H2,1-3H3/t17-,18+,21?/m0/s1. The molecule has 0 bridgehead atoms. The molecule has 1 fully saturated rings. The molecule has 0 heterocycles. The van der Waals surface area contributed by atoms with E-state index in [1.54, 1.807) is 0 Å². The number of ketones is 1. The number of hydrogen-bond acceptors (Lipinski definition) is 4. The molecule has 1 unspecified atom stereocenters. The Morgan fingerprint density at radius 3 is 2.76 bits per heavy atom. The Labute approximate surface area is 152 Å². The van der Waals surface area contributed by atoms with E-state index in [4.69, 9.17) is 0 Å². The van der Waals surface area contributed by atoms with Crippen LogP contribution >= 0.6 is 0 Å². The number of hydrogen-bond donors (Lipinski definition) is 1. The van der Waals surface area contributed by atoms with Crippen molar-refractivity contribution >= 4 is 11.8 Å². The average Bonchev–Trinajstić information content (AvgIpc) is 2.92. The summed E-state index contributed by atoms with van der Waals surface area (Å²) in [6.45, 7) is 3.85. The molecular formula is C21H34O4. The summed E-state index contributed by atoms with van der Waals surface area (Å²) in [7, 11) is 1.41. The van der Waals surface area contributed by atoms with E-state index in [0.29, 0.717) is 31.0 Å². The van der Waals surface area contributed by atoms with Gasteiger partial charge in [0.05, 0.1) is 12.7 Å². The lowest BCUT2D eigenvalue weighted by molar-refractivity contribution is -0.140. The molecule has 1 aliphatic carbocycles. The zero-order chi connectivity index (χ0) is 18.7. The van der Waals surface area contributed by atoms with Crippen LogP contribution in [0.4, 0.5) is 0 Å². The predicted molar refractivity (Wildman–Crippen MR) is 100 cm³/mol. The number of carbonyl (C=O) groups is 2. The van der Waals surface area contributed by atoms with Gasteiger partial charge < -0.3 is 9.84 Å². The van der Waals surface area contributed by atoms with Crippen LogP contribution in [0.1, 0.15) is 71.6 Å². The van der Waals surface area contributed by atoms with Gasteiger partial charge in [-0.05, 0) is 44.9 Å². The first kappa shape index (κ1) is 21.6. The van der Waals surface area contributed by atoms with Gasteiger partial charge in [0.1, 0.15) is 5.78 Å². The van der Waals surface area contributed by atoms with Crippen molar-refractivity contribution in [1.82, 2.24) is 0 Å². The van der Waals surface area contributed by atoms with Crippen LogP contribution in [-0.4, -0.2) is 29.6 Å². The van der Waals surface area contributed by atoms with E-state index in [0.717, 1.165) is 38.5 Å². The molecule has 0 radical (unpaired) electrons. The van der Waals surface area contributed by atoms with Crippen LogP contribution in [0.15, 0.2) is 24.3 Å². The molecule has 1 saturated carbocycles. The number of aliphatic hydroxyl groups is 1. The van der Waals surface area contributed by atoms with Gasteiger partial charge in [-0.15, -0.1) is 0 Å². The smallest absolute Gasteiger partial charge is 0.305 e. The van der Waals surface area contributed by atoms with Crippen LogP contribution in [0.25, 0.3) is 0 Å². The number of allylic oxidation sites excluding steroid dienone is 2. The highest BCUT2D eigenvalue weighted by atomic mass is 16.5. The fraction of sp³-hybridized carbons (Fsp3) is 0.714. The maximum Gasteiger partial charge on any atom is 0.305 e. The topological polar surface area (TPSA) is 63.6 Å². The van der Waals surface area contributed by atoms with E-state index < -0.39 is 5.60 Å². The van der Waals surface area contributed by atoms with Gasteiger partial charge in [0.2, 0.25) is 0 Å². The summed E-state index contributed by atoms with van der Waals surface area (Å²) in [4.78, 5) is 23.2. The molecule has 4 nitrogen and oxygen atoms in total. The molecule has 1 N–H and O–H groups in total. The second-order valence-corrected chi connectivity index (χ2v) is 7.25. The molecule has 1 aliphatic rings. The van der Waals surface area contributed by atoms with E-state index in [1.807, 2.05) is 32.1 Å². The summed E-state index contributed by atoms with van der Waals surface area (Å²) in [6.07, 6.45) is 15.1. The lowest BCUT2D eigenvalue weighted by Crippen LogP contribution is -2.19. The third-order valence-electron chi connectivity index (χ3n) is 4.91. The molecular weight excluding hydrogens is 316 g/mol. The summed E-state index contributed by atoms with van der Waals surface area (Å²) in [5.74, 6) is 0.590. The number of esters is 1. The minimum atomic E-state index is -0.821. The van der Waals surface area contributed by atoms with Gasteiger partial charge in [-0.3, -0.25) is 9.59 Å². The van der Waals surface area contributed by atoms with Gasteiger partial charge in [-0.2, -0.15) is 0 Å². The van der Waals surface area contributed by atoms with E-state index in [1.165, 1.54) is 7.11 Å². The summed E-state index contributed by atoms with van der Waals surface area (Å²) in [6, 6.07) is 0. The Morgan fingerprint density at radius 1 is 1.32 bits per heavy atom. The summed E-state index contributed by atoms with van der Waals surface area (Å²) < 4.78 is 4.63. The molecule has 0 aliphatic heterocycles. The Morgan fingerprint density at radius 2 is 2.08 bits per heavy atom. The molecule has 0 aromatic heterocycles. The largest absolute Gasteiger partial charge is 0.469 e. The molecule has 0 amide bonds. The molecule has 0 aromatic rings. The zero-order valence-electron chi connectivity index (χ0n) is 16.0. The lowest BCUT2D eigenvalue weighted by atomic mass is 9.89. The zero-order valence-corrected chi connectivity index (χ0v) is 16.0. The highest BCUT2D eigenvalue weighted by molar-refractivity contribution is 5.83. The maximum absolute atomic E-state index is 12.1. The van der Waals surface area contributed by atoms with Crippen molar-refractivity contribution in [3.05, 3.63) is 24.3 Å². The maximum atomic E-state index is 12.1. The van der Waals surface area contributed by atoms with Gasteiger partial charge in [-0.1, -0.05) is 44.1 Å². The molecule has 142 valence electrons. The number of methoxy groups -OCH3 is 1. The first-order valence-corrected chi connectivity index (χ1v) is 9.56. The Bertz CT molecular complexity index is 476. The van der Waals surface area contributed by atoms with Crippen LogP contribution in [0.2, 0.25) is 0 Å². The number of carbonyl (C=O) groups excluding carboxylic acids is 2. The van der Waals surface area contributed by atoms with Crippen molar-refractivity contribution in [1.29, 1.82) is 0 Å². The van der Waals surface area contributed by atoms with Crippen LogP contribution in [0.3, 0.4) is 0 Å². The molecule has 0 aromatic carbocycles. The predicted octanol–water partition coefficient (Wildman–Crippen LogP) is 4.37. The van der Waals surface area contributed by atoms with Gasteiger partial charge >= 0.3 is 5.97 Å². The normalized spacial score (nSPS) is 23.4. The minimum absolute atomic E-state index is 0.102. The monoisotopic (exact) mass is 350 g/mol. The van der Waals surface area contributed by atoms with Crippen molar-refractivity contribution in [2.75, 3.05) is 7.11 Å². The summed E-state index contributed by atoms with van der Waals surface area (Å²) in [5, 5.41) is 10.3. The number of Topliss-reactive ketones (excluding diaryl/α,β-unsaturated/α-hetero) is 1. The van der Waals surface area contributed by atoms with Crippen molar-refractivity contribution in [2.24, 2.45) is 11.8 Å². The fourth-order valence-electron chi connectivity index (χ4n) is 3.37. The summed E-state index contributed by atoms with van der Waals surface area (Å²) >= 11 is 0. The molecule has 1 rings (SSSR count). The lowest BCUT2D eigenvalue weighted by Gasteiger charge is -2.18. The third-order valence-corrected chi connectivity index (χ3v) is 4.91. The van der Waals surface area contributed by atoms with E-state index in [2.05, 4.69) is 10.8 Å². The van der Waals surface area contributed by atoms with E-state index in [-0.39, 0.29) is 11.9 Å². The first-order valence-electron chi connectivity index (χ1n) is 9.56. The number of unbranched alkanes of at least 4 members (excludes halogenated alkanes) is 2. The second-order valence-electron chi connectivity index (χ2n) is 7.25. The van der Waals surface area contributed by atoms with E-state index >= 15 is 0 Å². The first-order chi connectivity index (χ1) is 11.9. The molecule has 25 heavy (non-hydrogen) atoms. The van der Waals surface area contributed by atoms with Crippen molar-refractivity contribution in [3.8, 4) is 0 Å². The Balaban J connectivity index is 2.40. The van der Waals surface area contributed by atoms with Crippen molar-refractivity contribution in [3.63, 3.8) is 0 Å². The van der Waals surface area contributed by atoms with Crippen molar-refractivity contribution < 1.29 is 19.4 Å². The third kappa shape index (κ3) is 8.48. The fourth-order valence-corrected chi connectivity index (χ4v) is 3.37. The van der Waals surface area contributed by atoms with Gasteiger partial charge in [0.25, 0.3) is 0 Å². The van der Waals surface area contributed by atoms with Crippen LogP contribution in [0.5, 0.6) is 0 Å². The molecule has 3 atom stereocenters. The Kier molecular flexibility index (Phi) is 9.73. The Hall–Kier alpha value is -1.42.